The number of nitrogens with zero attached hydrogens (tertiary/aromatic N) is 6. The van der Waals surface area contributed by atoms with E-state index in [4.69, 9.17) is 0 Å². The van der Waals surface area contributed by atoms with Crippen LogP contribution in [0.25, 0.3) is 17.1 Å². The minimum Gasteiger partial charge on any atom is -0.508 e. The summed E-state index contributed by atoms with van der Waals surface area (Å²) in [5.74, 6) is -0.752. The highest BCUT2D eigenvalue weighted by Gasteiger charge is 2.28. The van der Waals surface area contributed by atoms with Gasteiger partial charge in [-0.1, -0.05) is 24.8 Å². The standard InChI is InChI=1S/C27H24N8O3/c1-15-18(16(2)36)4-5-20-19(15)6-7-21(20)33-27(38)23-11-22(32-25-9-10-30-35(23)25)26(37)28-12-17-3-8-24-29-14-31-34(24)13-17/h3-5,8-11,13-14,21,36H,2,6-7,12H2,1H3,(H,28,37)(H,33,38)/t21-/m0/s1. The van der Waals surface area contributed by atoms with Crippen molar-refractivity contribution in [2.45, 2.75) is 32.4 Å². The molecule has 1 aliphatic rings. The maximum atomic E-state index is 13.4. The van der Waals surface area contributed by atoms with Crippen LogP contribution >= 0.6 is 0 Å². The summed E-state index contributed by atoms with van der Waals surface area (Å²) in [6, 6.07) is 10.3. The van der Waals surface area contributed by atoms with Crippen LogP contribution in [-0.2, 0) is 13.0 Å². The molecule has 0 radical (unpaired) electrons. The minimum atomic E-state index is -0.417. The van der Waals surface area contributed by atoms with Crippen LogP contribution in [-0.4, -0.2) is 46.1 Å². The number of pyridine rings is 1. The van der Waals surface area contributed by atoms with Gasteiger partial charge in [0, 0.05) is 30.4 Å². The first-order chi connectivity index (χ1) is 18.4. The molecule has 0 saturated carbocycles. The molecule has 190 valence electrons. The van der Waals surface area contributed by atoms with E-state index in [0.717, 1.165) is 35.1 Å². The molecule has 1 atom stereocenters. The Morgan fingerprint density at radius 2 is 2.00 bits per heavy atom. The van der Waals surface area contributed by atoms with Crippen LogP contribution in [0.5, 0.6) is 0 Å². The number of nitrogens with one attached hydrogen (secondary N) is 2. The van der Waals surface area contributed by atoms with E-state index in [1.54, 1.807) is 16.8 Å². The molecule has 1 aromatic carbocycles. The summed E-state index contributed by atoms with van der Waals surface area (Å²) in [6.45, 7) is 5.84. The molecular formula is C27H24N8O3. The van der Waals surface area contributed by atoms with Gasteiger partial charge in [-0.15, -0.1) is 0 Å². The zero-order valence-electron chi connectivity index (χ0n) is 20.5. The number of rotatable bonds is 6. The highest BCUT2D eigenvalue weighted by molar-refractivity contribution is 5.98. The van der Waals surface area contributed by atoms with Crippen LogP contribution in [0, 0.1) is 6.92 Å². The van der Waals surface area contributed by atoms with Crippen molar-refractivity contribution in [3.63, 3.8) is 0 Å². The molecule has 0 spiro atoms. The second kappa shape index (κ2) is 9.11. The summed E-state index contributed by atoms with van der Waals surface area (Å²) in [5.41, 5.74) is 6.04. The summed E-state index contributed by atoms with van der Waals surface area (Å²) in [4.78, 5) is 34.9. The van der Waals surface area contributed by atoms with E-state index in [0.29, 0.717) is 16.9 Å². The number of hydrogen-bond acceptors (Lipinski definition) is 7. The lowest BCUT2D eigenvalue weighted by Gasteiger charge is -2.16. The van der Waals surface area contributed by atoms with Crippen molar-refractivity contribution < 1.29 is 14.7 Å². The number of carbonyl (C=O) groups is 2. The molecule has 0 saturated heterocycles. The van der Waals surface area contributed by atoms with E-state index in [1.807, 2.05) is 31.2 Å². The highest BCUT2D eigenvalue weighted by atomic mass is 16.3. The van der Waals surface area contributed by atoms with Crippen LogP contribution in [0.2, 0.25) is 0 Å². The summed E-state index contributed by atoms with van der Waals surface area (Å²) in [7, 11) is 0. The molecule has 11 heteroatoms. The third-order valence-electron chi connectivity index (χ3n) is 6.92. The molecule has 0 aliphatic heterocycles. The third kappa shape index (κ3) is 4.03. The molecule has 4 heterocycles. The minimum absolute atomic E-state index is 0.0281. The predicted molar refractivity (Wildman–Crippen MR) is 139 cm³/mol. The Hall–Kier alpha value is -5.06. The fourth-order valence-electron chi connectivity index (χ4n) is 5.00. The average Bonchev–Trinajstić information content (AvgIpc) is 3.66. The normalized spacial score (nSPS) is 14.5. The van der Waals surface area contributed by atoms with Crippen LogP contribution in [0.15, 0.2) is 61.7 Å². The van der Waals surface area contributed by atoms with Crippen molar-refractivity contribution in [1.29, 1.82) is 0 Å². The van der Waals surface area contributed by atoms with Crippen LogP contribution in [0.3, 0.4) is 0 Å². The summed E-state index contributed by atoms with van der Waals surface area (Å²) >= 11 is 0. The molecule has 5 aromatic rings. The Kier molecular flexibility index (Phi) is 5.60. The number of aromatic nitrogens is 6. The van der Waals surface area contributed by atoms with E-state index in [-0.39, 0.29) is 35.6 Å². The van der Waals surface area contributed by atoms with Gasteiger partial charge in [0.15, 0.2) is 11.3 Å². The SMILES string of the molecule is C=C(O)c1ccc2c(c1C)CC[C@@H]2NC(=O)c1cc(C(=O)NCc2ccc3ncnn3c2)nc2ccnn12. The molecule has 0 bridgehead atoms. The van der Waals surface area contributed by atoms with Crippen LogP contribution in [0.4, 0.5) is 0 Å². The molecule has 0 unspecified atom stereocenters. The van der Waals surface area contributed by atoms with Crippen molar-refractivity contribution in [1.82, 2.24) is 39.8 Å². The number of hydrogen-bond donors (Lipinski definition) is 3. The third-order valence-corrected chi connectivity index (χ3v) is 6.92. The van der Waals surface area contributed by atoms with E-state index in [9.17, 15) is 14.7 Å². The van der Waals surface area contributed by atoms with Gasteiger partial charge in [-0.25, -0.2) is 19.0 Å². The van der Waals surface area contributed by atoms with Crippen molar-refractivity contribution in [2.75, 3.05) is 0 Å². The van der Waals surface area contributed by atoms with E-state index >= 15 is 0 Å². The Morgan fingerprint density at radius 3 is 2.84 bits per heavy atom. The molecule has 3 N–H and O–H groups in total. The van der Waals surface area contributed by atoms with Gasteiger partial charge in [0.25, 0.3) is 11.8 Å². The van der Waals surface area contributed by atoms with E-state index in [2.05, 4.69) is 37.4 Å². The van der Waals surface area contributed by atoms with Gasteiger partial charge >= 0.3 is 0 Å². The second-order valence-corrected chi connectivity index (χ2v) is 9.23. The lowest BCUT2D eigenvalue weighted by Crippen LogP contribution is -2.30. The molecule has 11 nitrogen and oxygen atoms in total. The molecule has 0 fully saturated rings. The van der Waals surface area contributed by atoms with Crippen LogP contribution < -0.4 is 10.6 Å². The van der Waals surface area contributed by atoms with Gasteiger partial charge in [-0.2, -0.15) is 10.2 Å². The zero-order chi connectivity index (χ0) is 26.4. The Labute approximate surface area is 216 Å². The van der Waals surface area contributed by atoms with E-state index < -0.39 is 5.91 Å². The Balaban J connectivity index is 1.23. The average molecular weight is 509 g/mol. The van der Waals surface area contributed by atoms with Crippen molar-refractivity contribution in [2.24, 2.45) is 0 Å². The van der Waals surface area contributed by atoms with Gasteiger partial charge in [-0.3, -0.25) is 9.59 Å². The van der Waals surface area contributed by atoms with Crippen molar-refractivity contribution in [3.05, 3.63) is 101 Å². The monoisotopic (exact) mass is 508 g/mol. The number of aliphatic hydroxyl groups excluding tert-OH is 1. The summed E-state index contributed by atoms with van der Waals surface area (Å²) in [6.07, 6.45) is 6.28. The predicted octanol–water partition coefficient (Wildman–Crippen LogP) is 2.96. The first-order valence-electron chi connectivity index (χ1n) is 12.1. The topological polar surface area (TPSA) is 139 Å². The van der Waals surface area contributed by atoms with Gasteiger partial charge in [0.05, 0.1) is 12.2 Å². The lowest BCUT2D eigenvalue weighted by molar-refractivity contribution is 0.0929. The first kappa shape index (κ1) is 23.3. The maximum Gasteiger partial charge on any atom is 0.270 e. The molecule has 1 aliphatic carbocycles. The first-order valence-corrected chi connectivity index (χ1v) is 12.1. The smallest absolute Gasteiger partial charge is 0.270 e. The number of fused-ring (bicyclic) bond motifs is 3. The quantitative estimate of drug-likeness (QED) is 0.300. The Bertz CT molecular complexity index is 1750. The molecule has 38 heavy (non-hydrogen) atoms. The van der Waals surface area contributed by atoms with E-state index in [1.165, 1.54) is 23.1 Å². The van der Waals surface area contributed by atoms with Gasteiger partial charge in [0.1, 0.15) is 23.5 Å². The largest absolute Gasteiger partial charge is 0.508 e. The maximum absolute atomic E-state index is 13.4. The zero-order valence-corrected chi connectivity index (χ0v) is 20.5. The lowest BCUT2D eigenvalue weighted by atomic mass is 9.97. The van der Waals surface area contributed by atoms with Crippen molar-refractivity contribution in [3.8, 4) is 0 Å². The number of amides is 2. The number of benzene rings is 1. The van der Waals surface area contributed by atoms with Crippen molar-refractivity contribution >= 4 is 28.9 Å². The Morgan fingerprint density at radius 1 is 1.13 bits per heavy atom. The summed E-state index contributed by atoms with van der Waals surface area (Å²) in [5, 5.41) is 24.1. The van der Waals surface area contributed by atoms with Gasteiger partial charge < -0.3 is 15.7 Å². The van der Waals surface area contributed by atoms with Gasteiger partial charge in [-0.05, 0) is 48.1 Å². The molecule has 4 aromatic heterocycles. The molecule has 2 amide bonds. The highest BCUT2D eigenvalue weighted by Crippen LogP contribution is 2.36. The molecular weight excluding hydrogens is 484 g/mol. The fourth-order valence-corrected chi connectivity index (χ4v) is 5.00. The molecule has 6 rings (SSSR count). The second-order valence-electron chi connectivity index (χ2n) is 9.23. The number of carbonyl (C=O) groups excluding carboxylic acids is 2. The summed E-state index contributed by atoms with van der Waals surface area (Å²) < 4.78 is 3.05. The van der Waals surface area contributed by atoms with Crippen LogP contribution in [0.1, 0.15) is 61.3 Å². The fraction of sp³-hybridized carbons (Fsp3) is 0.185. The number of aliphatic hydroxyl groups is 1. The van der Waals surface area contributed by atoms with Gasteiger partial charge in [0.2, 0.25) is 0 Å².